The minimum absolute atomic E-state index is 0.278. The maximum atomic E-state index is 10.2. The molecule has 0 aromatic heterocycles. The lowest BCUT2D eigenvalue weighted by atomic mass is 10.5. The van der Waals surface area contributed by atoms with Gasteiger partial charge in [-0.25, -0.2) is 10.0 Å². The molecule has 44 valence electrons. The lowest BCUT2D eigenvalue weighted by molar-refractivity contribution is -1.05. The van der Waals surface area contributed by atoms with Crippen LogP contribution < -0.4 is 0 Å². The Bertz CT molecular complexity index is 48.1. The van der Waals surface area contributed by atoms with E-state index in [0.29, 0.717) is 0 Å². The number of rotatable bonds is 2. The summed E-state index contributed by atoms with van der Waals surface area (Å²) < 4.78 is 0. The Morgan fingerprint density at radius 3 is 2.14 bits per heavy atom. The van der Waals surface area contributed by atoms with Gasteiger partial charge in [0.05, 0.1) is 7.05 Å². The van der Waals surface area contributed by atoms with Crippen molar-refractivity contribution >= 4 is 0 Å². The van der Waals surface area contributed by atoms with Crippen LogP contribution in [0.4, 0.5) is 0 Å². The largest absolute Gasteiger partial charge is 0.599 e. The first-order chi connectivity index (χ1) is 3.06. The average molecular weight is 105 g/mol. The van der Waals surface area contributed by atoms with E-state index in [9.17, 15) is 5.21 Å². The molecule has 1 N–H and O–H groups in total. The molecule has 0 rings (SSSR count). The molecule has 0 aromatic carbocycles. The van der Waals surface area contributed by atoms with Gasteiger partial charge in [-0.15, -0.1) is 0 Å². The molecular formula is C4H11NO2. The van der Waals surface area contributed by atoms with E-state index >= 15 is 0 Å². The molecule has 3 heteroatoms. The summed E-state index contributed by atoms with van der Waals surface area (Å²) in [6, 6.07) is 0. The van der Waals surface area contributed by atoms with Crippen LogP contribution in [0.15, 0.2) is 0 Å². The fraction of sp³-hybridized carbons (Fsp3) is 1.00. The quantitative estimate of drug-likeness (QED) is 0.415. The Hall–Kier alpha value is -0.120. The van der Waals surface area contributed by atoms with Crippen LogP contribution in [0.3, 0.4) is 0 Å². The monoisotopic (exact) mass is 105 g/mol. The van der Waals surface area contributed by atoms with Crippen molar-refractivity contribution in [2.75, 3.05) is 13.6 Å². The van der Waals surface area contributed by atoms with Crippen molar-refractivity contribution in [2.24, 2.45) is 0 Å². The second-order valence-corrected chi connectivity index (χ2v) is 1.77. The number of hydrogen-bond acceptors (Lipinski definition) is 2. The predicted molar refractivity (Wildman–Crippen MR) is 26.5 cm³/mol. The Balaban J connectivity index is 3.15. The Morgan fingerprint density at radius 1 is 1.71 bits per heavy atom. The molecule has 0 saturated heterocycles. The summed E-state index contributed by atoms with van der Waals surface area (Å²) in [6.07, 6.45) is 0.719. The number of hydroxylamine groups is 4. The molecule has 0 radical (unpaired) electrons. The summed E-state index contributed by atoms with van der Waals surface area (Å²) in [5, 5.41) is 18.6. The molecule has 7 heavy (non-hydrogen) atoms. The van der Waals surface area contributed by atoms with Crippen molar-refractivity contribution in [2.45, 2.75) is 13.3 Å². The molecule has 0 fully saturated rings. The molecule has 0 bridgehead atoms. The van der Waals surface area contributed by atoms with Gasteiger partial charge in [-0.05, 0) is 6.42 Å². The first-order valence-electron chi connectivity index (χ1n) is 2.35. The van der Waals surface area contributed by atoms with Gasteiger partial charge in [0.25, 0.3) is 0 Å². The Kier molecular flexibility index (Phi) is 2.22. The Labute approximate surface area is 43.3 Å². The highest BCUT2D eigenvalue weighted by Gasteiger charge is 1.99. The molecule has 0 aliphatic heterocycles. The highest BCUT2D eigenvalue weighted by atomic mass is 16.8. The lowest BCUT2D eigenvalue weighted by Crippen LogP contribution is -2.33. The third kappa shape index (κ3) is 5.88. The van der Waals surface area contributed by atoms with E-state index in [4.69, 9.17) is 5.21 Å². The van der Waals surface area contributed by atoms with E-state index in [1.54, 1.807) is 0 Å². The standard InChI is InChI=1S/C4H11NO2/c1-3-4-5(2,6)7/h6H,3-4H2,1-2H3. The molecule has 0 aromatic rings. The third-order valence-corrected chi connectivity index (χ3v) is 0.639. The minimum atomic E-state index is -1.16. The van der Waals surface area contributed by atoms with Crippen molar-refractivity contribution in [1.82, 2.24) is 0 Å². The van der Waals surface area contributed by atoms with Crippen LogP contribution in [0.1, 0.15) is 13.3 Å². The topological polar surface area (TPSA) is 43.3 Å². The van der Waals surface area contributed by atoms with Gasteiger partial charge in [-0.1, -0.05) is 6.92 Å². The lowest BCUT2D eigenvalue weighted by Gasteiger charge is -2.27. The fourth-order valence-corrected chi connectivity index (χ4v) is 0.415. The van der Waals surface area contributed by atoms with Crippen molar-refractivity contribution in [3.05, 3.63) is 5.21 Å². The normalized spacial score (nSPS) is 18.9. The van der Waals surface area contributed by atoms with Crippen LogP contribution in [0, 0.1) is 5.21 Å². The molecule has 0 amide bonds. The van der Waals surface area contributed by atoms with Crippen molar-refractivity contribution in [1.29, 1.82) is 0 Å². The highest BCUT2D eigenvalue weighted by Crippen LogP contribution is 1.91. The van der Waals surface area contributed by atoms with E-state index < -0.39 is 4.81 Å². The van der Waals surface area contributed by atoms with Gasteiger partial charge >= 0.3 is 0 Å². The van der Waals surface area contributed by atoms with Crippen LogP contribution in [0.25, 0.3) is 0 Å². The van der Waals surface area contributed by atoms with E-state index in [0.717, 1.165) is 6.42 Å². The van der Waals surface area contributed by atoms with E-state index in [-0.39, 0.29) is 6.54 Å². The average Bonchev–Trinajstić information content (AvgIpc) is 1.30. The van der Waals surface area contributed by atoms with Crippen LogP contribution >= 0.6 is 0 Å². The number of nitrogens with zero attached hydrogens (tertiary/aromatic N) is 1. The molecule has 0 aliphatic rings. The molecule has 0 aliphatic carbocycles. The molecular weight excluding hydrogens is 94.0 g/mol. The second-order valence-electron chi connectivity index (χ2n) is 1.77. The zero-order valence-corrected chi connectivity index (χ0v) is 4.72. The van der Waals surface area contributed by atoms with E-state index in [1.807, 2.05) is 6.92 Å². The molecule has 1 atom stereocenters. The number of hydrogen-bond donors (Lipinski definition) is 1. The summed E-state index contributed by atoms with van der Waals surface area (Å²) in [5.74, 6) is 0. The number of quaternary nitrogens is 1. The molecule has 0 heterocycles. The summed E-state index contributed by atoms with van der Waals surface area (Å²) in [6.45, 7) is 2.13. The zero-order chi connectivity index (χ0) is 5.91. The summed E-state index contributed by atoms with van der Waals surface area (Å²) >= 11 is 0. The first-order valence-corrected chi connectivity index (χ1v) is 2.35. The second kappa shape index (κ2) is 2.26. The Morgan fingerprint density at radius 2 is 2.14 bits per heavy atom. The van der Waals surface area contributed by atoms with Gasteiger partial charge < -0.3 is 5.21 Å². The van der Waals surface area contributed by atoms with E-state index in [2.05, 4.69) is 0 Å². The minimum Gasteiger partial charge on any atom is -0.599 e. The van der Waals surface area contributed by atoms with Crippen LogP contribution in [0.5, 0.6) is 0 Å². The van der Waals surface area contributed by atoms with Gasteiger partial charge in [0.1, 0.15) is 6.54 Å². The zero-order valence-electron chi connectivity index (χ0n) is 4.72. The third-order valence-electron chi connectivity index (χ3n) is 0.639. The smallest absolute Gasteiger partial charge is 0.108 e. The summed E-state index contributed by atoms with van der Waals surface area (Å²) in [7, 11) is 1.21. The predicted octanol–water partition coefficient (Wildman–Crippen LogP) is 0.730. The maximum Gasteiger partial charge on any atom is 0.108 e. The molecule has 1 unspecified atom stereocenters. The fourth-order valence-electron chi connectivity index (χ4n) is 0.415. The summed E-state index contributed by atoms with van der Waals surface area (Å²) in [5.41, 5.74) is 0. The van der Waals surface area contributed by atoms with Gasteiger partial charge in [0.2, 0.25) is 0 Å². The van der Waals surface area contributed by atoms with Crippen LogP contribution in [-0.4, -0.2) is 23.6 Å². The van der Waals surface area contributed by atoms with Crippen molar-refractivity contribution < 1.29 is 10.0 Å². The summed E-state index contributed by atoms with van der Waals surface area (Å²) in [4.78, 5) is -1.16. The first kappa shape index (κ1) is 6.88. The van der Waals surface area contributed by atoms with Crippen LogP contribution in [-0.2, 0) is 0 Å². The SMILES string of the molecule is CCC[N+](C)([O-])O. The van der Waals surface area contributed by atoms with Crippen molar-refractivity contribution in [3.63, 3.8) is 0 Å². The molecule has 3 nitrogen and oxygen atoms in total. The van der Waals surface area contributed by atoms with Gasteiger partial charge in [0.15, 0.2) is 0 Å². The maximum absolute atomic E-state index is 10.2. The molecule has 0 saturated carbocycles. The van der Waals surface area contributed by atoms with Gasteiger partial charge in [-0.3, -0.25) is 0 Å². The van der Waals surface area contributed by atoms with Gasteiger partial charge in [0, 0.05) is 0 Å². The van der Waals surface area contributed by atoms with E-state index in [1.165, 1.54) is 7.05 Å². The van der Waals surface area contributed by atoms with Crippen molar-refractivity contribution in [3.8, 4) is 0 Å². The molecule has 0 spiro atoms. The van der Waals surface area contributed by atoms with Gasteiger partial charge in [-0.2, -0.15) is 0 Å². The van der Waals surface area contributed by atoms with Crippen LogP contribution in [0.2, 0.25) is 0 Å². The highest BCUT2D eigenvalue weighted by molar-refractivity contribution is 4.21.